The van der Waals surface area contributed by atoms with E-state index in [-0.39, 0.29) is 11.5 Å². The average molecular weight is 320 g/mol. The van der Waals surface area contributed by atoms with E-state index in [0.29, 0.717) is 17.9 Å². The smallest absolute Gasteiger partial charge is 0.163 e. The van der Waals surface area contributed by atoms with Gasteiger partial charge in [0.15, 0.2) is 5.78 Å². The zero-order valence-corrected chi connectivity index (χ0v) is 14.8. The molecule has 0 atom stereocenters. The third-order valence-corrected chi connectivity index (χ3v) is 4.11. The highest BCUT2D eigenvalue weighted by atomic mass is 16.5. The second-order valence-electron chi connectivity index (χ2n) is 6.27. The number of rotatable bonds is 13. The van der Waals surface area contributed by atoms with E-state index in [4.69, 9.17) is 4.74 Å². The molecule has 0 spiro atoms. The standard InChI is InChI=1S/C20H32O3/c1-3-4-5-6-7-8-9-10-11-12-15-23-18-13-14-20(22)19(16-18)17(2)21/h13-14,16,22H,3-12,15H2,1-2H3. The third-order valence-electron chi connectivity index (χ3n) is 4.11. The van der Waals surface area contributed by atoms with Crippen LogP contribution in [0.5, 0.6) is 11.5 Å². The molecular formula is C20H32O3. The lowest BCUT2D eigenvalue weighted by Crippen LogP contribution is -1.99. The molecule has 0 radical (unpaired) electrons. The van der Waals surface area contributed by atoms with Crippen molar-refractivity contribution in [1.82, 2.24) is 0 Å². The largest absolute Gasteiger partial charge is 0.507 e. The molecule has 0 unspecified atom stereocenters. The van der Waals surface area contributed by atoms with Gasteiger partial charge in [0.05, 0.1) is 12.2 Å². The number of ether oxygens (including phenoxy) is 1. The van der Waals surface area contributed by atoms with Crippen LogP contribution in [0.2, 0.25) is 0 Å². The van der Waals surface area contributed by atoms with E-state index in [1.807, 2.05) is 0 Å². The molecule has 0 aliphatic heterocycles. The van der Waals surface area contributed by atoms with Crippen LogP contribution in [-0.4, -0.2) is 17.5 Å². The molecule has 0 saturated carbocycles. The van der Waals surface area contributed by atoms with Crippen LogP contribution in [-0.2, 0) is 0 Å². The van der Waals surface area contributed by atoms with Crippen molar-refractivity contribution in [2.24, 2.45) is 0 Å². The molecule has 1 aromatic carbocycles. The summed E-state index contributed by atoms with van der Waals surface area (Å²) in [6, 6.07) is 4.84. The van der Waals surface area contributed by atoms with E-state index < -0.39 is 0 Å². The summed E-state index contributed by atoms with van der Waals surface area (Å²) in [6.07, 6.45) is 13.0. The minimum Gasteiger partial charge on any atom is -0.507 e. The van der Waals surface area contributed by atoms with E-state index in [2.05, 4.69) is 6.92 Å². The van der Waals surface area contributed by atoms with Gasteiger partial charge in [0.1, 0.15) is 11.5 Å². The van der Waals surface area contributed by atoms with Gasteiger partial charge in [-0.25, -0.2) is 0 Å². The molecule has 23 heavy (non-hydrogen) atoms. The lowest BCUT2D eigenvalue weighted by Gasteiger charge is -2.08. The third kappa shape index (κ3) is 8.63. The molecule has 0 bridgehead atoms. The second kappa shape index (κ2) is 12.0. The van der Waals surface area contributed by atoms with Gasteiger partial charge in [0.2, 0.25) is 0 Å². The van der Waals surface area contributed by atoms with E-state index in [9.17, 15) is 9.90 Å². The first-order valence-corrected chi connectivity index (χ1v) is 9.12. The Balaban J connectivity index is 2.05. The molecule has 1 N–H and O–H groups in total. The number of phenols is 1. The molecule has 0 saturated heterocycles. The van der Waals surface area contributed by atoms with Crippen LogP contribution in [0.25, 0.3) is 0 Å². The Labute approximate surface area is 141 Å². The molecule has 0 aliphatic rings. The maximum Gasteiger partial charge on any atom is 0.163 e. The normalized spacial score (nSPS) is 10.7. The molecular weight excluding hydrogens is 288 g/mol. The van der Waals surface area contributed by atoms with Crippen molar-refractivity contribution < 1.29 is 14.6 Å². The average Bonchev–Trinajstić information content (AvgIpc) is 2.53. The highest BCUT2D eigenvalue weighted by molar-refractivity contribution is 5.97. The fourth-order valence-corrected chi connectivity index (χ4v) is 2.67. The molecule has 0 fully saturated rings. The van der Waals surface area contributed by atoms with Crippen LogP contribution in [0.4, 0.5) is 0 Å². The number of carbonyl (C=O) groups is 1. The Morgan fingerprint density at radius 2 is 1.52 bits per heavy atom. The van der Waals surface area contributed by atoms with Crippen molar-refractivity contribution in [3.8, 4) is 11.5 Å². The number of ketones is 1. The Hall–Kier alpha value is -1.51. The number of carbonyl (C=O) groups excluding carboxylic acids is 1. The molecule has 3 heteroatoms. The van der Waals surface area contributed by atoms with Crippen molar-refractivity contribution in [3.05, 3.63) is 23.8 Å². The van der Waals surface area contributed by atoms with E-state index in [1.165, 1.54) is 70.8 Å². The van der Waals surface area contributed by atoms with Gasteiger partial charge in [-0.05, 0) is 31.5 Å². The zero-order valence-electron chi connectivity index (χ0n) is 14.8. The molecule has 1 aromatic rings. The molecule has 3 nitrogen and oxygen atoms in total. The summed E-state index contributed by atoms with van der Waals surface area (Å²) in [6.45, 7) is 4.36. The Kier molecular flexibility index (Phi) is 10.2. The summed E-state index contributed by atoms with van der Waals surface area (Å²) < 4.78 is 5.66. The topological polar surface area (TPSA) is 46.5 Å². The fraction of sp³-hybridized carbons (Fsp3) is 0.650. The van der Waals surface area contributed by atoms with Gasteiger partial charge in [-0.3, -0.25) is 4.79 Å². The van der Waals surface area contributed by atoms with Crippen LogP contribution in [0, 0.1) is 0 Å². The summed E-state index contributed by atoms with van der Waals surface area (Å²) in [5, 5.41) is 9.59. The van der Waals surface area contributed by atoms with Crippen molar-refractivity contribution >= 4 is 5.78 Å². The number of Topliss-reactive ketones (excluding diaryl/α,β-unsaturated/α-hetero) is 1. The summed E-state index contributed by atoms with van der Waals surface area (Å²) in [7, 11) is 0. The van der Waals surface area contributed by atoms with Gasteiger partial charge in [0, 0.05) is 0 Å². The summed E-state index contributed by atoms with van der Waals surface area (Å²) in [4.78, 5) is 11.4. The maximum atomic E-state index is 11.4. The summed E-state index contributed by atoms with van der Waals surface area (Å²) in [5.41, 5.74) is 0.325. The quantitative estimate of drug-likeness (QED) is 0.364. The second-order valence-corrected chi connectivity index (χ2v) is 6.27. The Bertz CT molecular complexity index is 454. The summed E-state index contributed by atoms with van der Waals surface area (Å²) in [5.74, 6) is 0.527. The number of unbranched alkanes of at least 4 members (excludes halogenated alkanes) is 9. The number of benzene rings is 1. The Morgan fingerprint density at radius 1 is 0.957 bits per heavy atom. The minimum absolute atomic E-state index is 0.0174. The first-order chi connectivity index (χ1) is 11.1. The number of hydrogen-bond acceptors (Lipinski definition) is 3. The predicted octanol–water partition coefficient (Wildman–Crippen LogP) is 5.89. The molecule has 1 rings (SSSR count). The van der Waals surface area contributed by atoms with E-state index in [1.54, 1.807) is 12.1 Å². The van der Waals surface area contributed by atoms with Gasteiger partial charge < -0.3 is 9.84 Å². The van der Waals surface area contributed by atoms with E-state index in [0.717, 1.165) is 6.42 Å². The monoisotopic (exact) mass is 320 g/mol. The highest BCUT2D eigenvalue weighted by Crippen LogP contribution is 2.23. The first-order valence-electron chi connectivity index (χ1n) is 9.12. The maximum absolute atomic E-state index is 11.4. The SMILES string of the molecule is CCCCCCCCCCCCOc1ccc(O)c(C(C)=O)c1. The molecule has 0 heterocycles. The molecule has 0 aromatic heterocycles. The van der Waals surface area contributed by atoms with Gasteiger partial charge in [0.25, 0.3) is 0 Å². The molecule has 130 valence electrons. The van der Waals surface area contributed by atoms with Gasteiger partial charge >= 0.3 is 0 Å². The van der Waals surface area contributed by atoms with E-state index >= 15 is 0 Å². The van der Waals surface area contributed by atoms with Crippen LogP contribution in [0.15, 0.2) is 18.2 Å². The number of aromatic hydroxyl groups is 1. The number of hydrogen-bond donors (Lipinski definition) is 1. The first kappa shape index (κ1) is 19.5. The van der Waals surface area contributed by atoms with Crippen LogP contribution in [0.1, 0.15) is 88.4 Å². The number of phenolic OH excluding ortho intramolecular Hbond substituents is 1. The van der Waals surface area contributed by atoms with Crippen LogP contribution in [0.3, 0.4) is 0 Å². The highest BCUT2D eigenvalue weighted by Gasteiger charge is 2.07. The van der Waals surface area contributed by atoms with Crippen LogP contribution < -0.4 is 4.74 Å². The lowest BCUT2D eigenvalue weighted by molar-refractivity contribution is 0.101. The van der Waals surface area contributed by atoms with Gasteiger partial charge in [-0.2, -0.15) is 0 Å². The van der Waals surface area contributed by atoms with Crippen molar-refractivity contribution in [2.45, 2.75) is 78.1 Å². The molecule has 0 aliphatic carbocycles. The van der Waals surface area contributed by atoms with Crippen molar-refractivity contribution in [2.75, 3.05) is 6.61 Å². The summed E-state index contributed by atoms with van der Waals surface area (Å²) >= 11 is 0. The predicted molar refractivity (Wildman–Crippen MR) is 95.5 cm³/mol. The minimum atomic E-state index is -0.146. The zero-order chi connectivity index (χ0) is 16.9. The van der Waals surface area contributed by atoms with Gasteiger partial charge in [-0.15, -0.1) is 0 Å². The van der Waals surface area contributed by atoms with Gasteiger partial charge in [-0.1, -0.05) is 64.7 Å². The lowest BCUT2D eigenvalue weighted by atomic mass is 10.1. The Morgan fingerprint density at radius 3 is 2.09 bits per heavy atom. The molecule has 0 amide bonds. The van der Waals surface area contributed by atoms with Crippen LogP contribution >= 0.6 is 0 Å². The van der Waals surface area contributed by atoms with Crippen molar-refractivity contribution in [3.63, 3.8) is 0 Å². The van der Waals surface area contributed by atoms with Crippen molar-refractivity contribution in [1.29, 1.82) is 0 Å². The fourth-order valence-electron chi connectivity index (χ4n) is 2.67.